The second-order valence-corrected chi connectivity index (χ2v) is 5.51. The number of carbonyl (C=O) groups is 1. The summed E-state index contributed by atoms with van der Waals surface area (Å²) in [7, 11) is 1.91. The van der Waals surface area contributed by atoms with Gasteiger partial charge in [0.25, 0.3) is 0 Å². The predicted molar refractivity (Wildman–Crippen MR) is 84.7 cm³/mol. The Bertz CT molecular complexity index is 830. The van der Waals surface area contributed by atoms with E-state index >= 15 is 0 Å². The number of ketones is 1. The van der Waals surface area contributed by atoms with Crippen LogP contribution in [-0.2, 0) is 13.5 Å². The van der Waals surface area contributed by atoms with Crippen LogP contribution in [0.25, 0.3) is 10.9 Å². The predicted octanol–water partition coefficient (Wildman–Crippen LogP) is 3.62. The Morgan fingerprint density at radius 3 is 2.67 bits per heavy atom. The lowest BCUT2D eigenvalue weighted by Gasteiger charge is -2.05. The third-order valence-electron chi connectivity index (χ3n) is 3.84. The molecule has 0 atom stereocenters. The van der Waals surface area contributed by atoms with Gasteiger partial charge in [-0.05, 0) is 25.5 Å². The van der Waals surface area contributed by atoms with Gasteiger partial charge in [-0.2, -0.15) is 5.10 Å². The highest BCUT2D eigenvalue weighted by Gasteiger charge is 2.15. The monoisotopic (exact) mass is 278 g/mol. The molecule has 3 nitrogen and oxygen atoms in total. The first-order valence-electron chi connectivity index (χ1n) is 7.07. The van der Waals surface area contributed by atoms with Crippen molar-refractivity contribution in [2.75, 3.05) is 0 Å². The highest BCUT2D eigenvalue weighted by atomic mass is 16.1. The molecule has 0 radical (unpaired) electrons. The van der Waals surface area contributed by atoms with Crippen LogP contribution in [0.5, 0.6) is 0 Å². The van der Waals surface area contributed by atoms with Crippen LogP contribution in [0.15, 0.2) is 42.5 Å². The Kier molecular flexibility index (Phi) is 3.34. The summed E-state index contributed by atoms with van der Waals surface area (Å²) < 4.78 is 1.83. The summed E-state index contributed by atoms with van der Waals surface area (Å²) in [4.78, 5) is 12.5. The molecule has 0 amide bonds. The minimum atomic E-state index is 0.122. The number of carbonyl (C=O) groups excluding carboxylic acids is 1. The molecule has 0 aliphatic heterocycles. The first kappa shape index (κ1) is 13.6. The average Bonchev–Trinajstić information content (AvgIpc) is 2.76. The SMILES string of the molecule is Cc1ccc(C(=O)Cc2nn(C)c3ccccc23)c(C)c1. The average molecular weight is 278 g/mol. The third-order valence-corrected chi connectivity index (χ3v) is 3.84. The maximum Gasteiger partial charge on any atom is 0.169 e. The van der Waals surface area contributed by atoms with E-state index in [4.69, 9.17) is 0 Å². The number of para-hydroxylation sites is 1. The minimum Gasteiger partial charge on any atom is -0.294 e. The molecule has 0 spiro atoms. The topological polar surface area (TPSA) is 34.9 Å². The lowest BCUT2D eigenvalue weighted by Crippen LogP contribution is -2.07. The van der Waals surface area contributed by atoms with Gasteiger partial charge in [0, 0.05) is 18.0 Å². The van der Waals surface area contributed by atoms with E-state index < -0.39 is 0 Å². The van der Waals surface area contributed by atoms with Crippen LogP contribution in [0, 0.1) is 13.8 Å². The first-order valence-corrected chi connectivity index (χ1v) is 7.07. The number of hydrogen-bond acceptors (Lipinski definition) is 2. The standard InChI is InChI=1S/C18H18N2O/c1-12-8-9-14(13(2)10-12)18(21)11-16-15-6-4-5-7-17(15)20(3)19-16/h4-10H,11H2,1-3H3. The largest absolute Gasteiger partial charge is 0.294 e. The molecule has 0 unspecified atom stereocenters. The molecule has 1 aromatic heterocycles. The number of benzene rings is 2. The zero-order valence-electron chi connectivity index (χ0n) is 12.6. The minimum absolute atomic E-state index is 0.122. The normalized spacial score (nSPS) is 11.0. The molecule has 0 saturated heterocycles. The quantitative estimate of drug-likeness (QED) is 0.686. The Balaban J connectivity index is 1.97. The number of aryl methyl sites for hydroxylation is 3. The Labute approximate surface area is 124 Å². The van der Waals surface area contributed by atoms with Crippen LogP contribution in [0.3, 0.4) is 0 Å². The molecule has 2 aromatic carbocycles. The number of fused-ring (bicyclic) bond motifs is 1. The van der Waals surface area contributed by atoms with E-state index in [0.29, 0.717) is 6.42 Å². The van der Waals surface area contributed by atoms with Crippen molar-refractivity contribution in [3.8, 4) is 0 Å². The zero-order chi connectivity index (χ0) is 15.0. The molecule has 0 N–H and O–H groups in total. The van der Waals surface area contributed by atoms with Crippen molar-refractivity contribution >= 4 is 16.7 Å². The van der Waals surface area contributed by atoms with E-state index in [1.807, 2.05) is 68.0 Å². The lowest BCUT2D eigenvalue weighted by atomic mass is 9.99. The van der Waals surface area contributed by atoms with Gasteiger partial charge in [-0.3, -0.25) is 9.48 Å². The molecule has 3 heteroatoms. The van der Waals surface area contributed by atoms with Gasteiger partial charge in [-0.15, -0.1) is 0 Å². The van der Waals surface area contributed by atoms with Crippen molar-refractivity contribution in [2.45, 2.75) is 20.3 Å². The molecule has 0 saturated carbocycles. The van der Waals surface area contributed by atoms with Crippen molar-refractivity contribution in [2.24, 2.45) is 7.05 Å². The number of rotatable bonds is 3. The van der Waals surface area contributed by atoms with E-state index in [9.17, 15) is 4.79 Å². The van der Waals surface area contributed by atoms with Crippen LogP contribution in [0.2, 0.25) is 0 Å². The molecular weight excluding hydrogens is 260 g/mol. The van der Waals surface area contributed by atoms with Crippen molar-refractivity contribution in [3.63, 3.8) is 0 Å². The van der Waals surface area contributed by atoms with Gasteiger partial charge in [-0.1, -0.05) is 42.0 Å². The summed E-state index contributed by atoms with van der Waals surface area (Å²) in [5.41, 5.74) is 4.89. The van der Waals surface area contributed by atoms with E-state index in [1.54, 1.807) is 0 Å². The fourth-order valence-corrected chi connectivity index (χ4v) is 2.79. The summed E-state index contributed by atoms with van der Waals surface area (Å²) in [6.07, 6.45) is 0.339. The van der Waals surface area contributed by atoms with E-state index in [1.165, 1.54) is 5.56 Å². The van der Waals surface area contributed by atoms with Gasteiger partial charge in [-0.25, -0.2) is 0 Å². The highest BCUT2D eigenvalue weighted by molar-refractivity contribution is 6.00. The lowest BCUT2D eigenvalue weighted by molar-refractivity contribution is 0.0991. The molecule has 0 bridgehead atoms. The van der Waals surface area contributed by atoms with Crippen LogP contribution in [0.1, 0.15) is 27.2 Å². The van der Waals surface area contributed by atoms with Gasteiger partial charge in [0.2, 0.25) is 0 Å². The molecule has 0 aliphatic rings. The van der Waals surface area contributed by atoms with Crippen LogP contribution in [-0.4, -0.2) is 15.6 Å². The summed E-state index contributed by atoms with van der Waals surface area (Å²) in [6.45, 7) is 4.02. The maximum absolute atomic E-state index is 12.5. The van der Waals surface area contributed by atoms with Gasteiger partial charge < -0.3 is 0 Å². The molecule has 3 aromatic rings. The Morgan fingerprint density at radius 2 is 1.90 bits per heavy atom. The van der Waals surface area contributed by atoms with Gasteiger partial charge in [0.15, 0.2) is 5.78 Å². The van der Waals surface area contributed by atoms with Crippen LogP contribution < -0.4 is 0 Å². The van der Waals surface area contributed by atoms with Gasteiger partial charge >= 0.3 is 0 Å². The summed E-state index contributed by atoms with van der Waals surface area (Å²) in [5.74, 6) is 0.122. The van der Waals surface area contributed by atoms with Crippen molar-refractivity contribution in [1.29, 1.82) is 0 Å². The molecule has 106 valence electrons. The molecule has 21 heavy (non-hydrogen) atoms. The van der Waals surface area contributed by atoms with E-state index in [2.05, 4.69) is 5.10 Å². The highest BCUT2D eigenvalue weighted by Crippen LogP contribution is 2.20. The van der Waals surface area contributed by atoms with E-state index in [-0.39, 0.29) is 5.78 Å². The second kappa shape index (κ2) is 5.17. The smallest absolute Gasteiger partial charge is 0.169 e. The molecule has 1 heterocycles. The molecule has 0 aliphatic carbocycles. The van der Waals surface area contributed by atoms with Crippen molar-refractivity contribution in [1.82, 2.24) is 9.78 Å². The Morgan fingerprint density at radius 1 is 1.14 bits per heavy atom. The number of Topliss-reactive ketones (excluding diaryl/α,β-unsaturated/α-hetero) is 1. The molecule has 3 rings (SSSR count). The summed E-state index contributed by atoms with van der Waals surface area (Å²) in [6, 6.07) is 14.0. The summed E-state index contributed by atoms with van der Waals surface area (Å²) in [5, 5.41) is 5.55. The van der Waals surface area contributed by atoms with Crippen LogP contribution in [0.4, 0.5) is 0 Å². The fourth-order valence-electron chi connectivity index (χ4n) is 2.79. The number of aromatic nitrogens is 2. The second-order valence-electron chi connectivity index (χ2n) is 5.51. The third kappa shape index (κ3) is 2.47. The van der Waals surface area contributed by atoms with Crippen molar-refractivity contribution in [3.05, 3.63) is 64.8 Å². The fraction of sp³-hybridized carbons (Fsp3) is 0.222. The van der Waals surface area contributed by atoms with Crippen molar-refractivity contribution < 1.29 is 4.79 Å². The molecule has 0 fully saturated rings. The maximum atomic E-state index is 12.5. The zero-order valence-corrected chi connectivity index (χ0v) is 12.6. The molecular formula is C18H18N2O. The number of nitrogens with zero attached hydrogens (tertiary/aromatic N) is 2. The van der Waals surface area contributed by atoms with Gasteiger partial charge in [0.1, 0.15) is 0 Å². The van der Waals surface area contributed by atoms with Crippen LogP contribution >= 0.6 is 0 Å². The van der Waals surface area contributed by atoms with Gasteiger partial charge in [0.05, 0.1) is 17.6 Å². The number of hydrogen-bond donors (Lipinski definition) is 0. The van der Waals surface area contributed by atoms with E-state index in [0.717, 1.165) is 27.7 Å². The first-order chi connectivity index (χ1) is 10.1. The Hall–Kier alpha value is -2.42. The summed E-state index contributed by atoms with van der Waals surface area (Å²) >= 11 is 0.